The van der Waals surface area contributed by atoms with E-state index in [1.807, 2.05) is 65.8 Å². The summed E-state index contributed by atoms with van der Waals surface area (Å²) in [5.74, 6) is -1.23. The van der Waals surface area contributed by atoms with Crippen molar-refractivity contribution in [3.63, 3.8) is 0 Å². The van der Waals surface area contributed by atoms with Crippen molar-refractivity contribution in [2.45, 2.75) is 73.6 Å². The van der Waals surface area contributed by atoms with Crippen LogP contribution >= 0.6 is 0 Å². The molecule has 10 heteroatoms. The van der Waals surface area contributed by atoms with Gasteiger partial charge in [0.1, 0.15) is 13.2 Å². The maximum Gasteiger partial charge on any atom is 0.306 e. The molecule has 1 fully saturated rings. The number of hydrogen-bond acceptors (Lipinski definition) is 6. The Hall–Kier alpha value is -5.25. The number of nitrogens with one attached hydrogen (secondary N) is 3. The zero-order chi connectivity index (χ0) is 35.8. The third kappa shape index (κ3) is 8.25. The first-order chi connectivity index (χ1) is 23.4. The van der Waals surface area contributed by atoms with Crippen LogP contribution in [0.5, 0.6) is 0 Å². The summed E-state index contributed by atoms with van der Waals surface area (Å²) in [6.07, 6.45) is 12.5. The fourth-order valence-corrected chi connectivity index (χ4v) is 6.21. The zero-order valence-electron chi connectivity index (χ0n) is 29.3. The molecule has 1 saturated heterocycles. The third-order valence-corrected chi connectivity index (χ3v) is 9.05. The topological polar surface area (TPSA) is 143 Å². The van der Waals surface area contributed by atoms with Crippen LogP contribution in [0, 0.1) is 19.8 Å². The molecule has 0 radical (unpaired) electrons. The summed E-state index contributed by atoms with van der Waals surface area (Å²) in [7, 11) is 0. The number of amides is 2. The minimum absolute atomic E-state index is 0.0628. The quantitative estimate of drug-likeness (QED) is 0.198. The monoisotopic (exact) mass is 666 g/mol. The number of rotatable bonds is 14. The minimum Gasteiger partial charge on any atom is -0.461 e. The molecule has 0 bridgehead atoms. The lowest BCUT2D eigenvalue weighted by molar-refractivity contribution is -0.143. The first kappa shape index (κ1) is 36.6. The van der Waals surface area contributed by atoms with Crippen LogP contribution in [0.3, 0.4) is 0 Å². The van der Waals surface area contributed by atoms with Gasteiger partial charge in [-0.25, -0.2) is 4.99 Å². The molecule has 4 rings (SSSR count). The van der Waals surface area contributed by atoms with E-state index >= 15 is 0 Å². The predicted octanol–water partition coefficient (Wildman–Crippen LogP) is 4.65. The van der Waals surface area contributed by atoms with Gasteiger partial charge in [-0.05, 0) is 106 Å². The molecular formula is C39H46N4O6. The number of H-pyrrole nitrogens is 2. The van der Waals surface area contributed by atoms with E-state index in [-0.39, 0.29) is 55.7 Å². The SMILES string of the molecule is C=CCOC(=O)CCc1c(C=c2[nH]c(=CC3=NC(=O)C(CC)=C3C)c(C)c2CCC(=O)OCC=C)[nH]c(C=C2NC(=O)C(C)C2=CC)c1C. The lowest BCUT2D eigenvalue weighted by atomic mass is 10.00. The zero-order valence-corrected chi connectivity index (χ0v) is 29.3. The second-order valence-electron chi connectivity index (χ2n) is 12.1. The van der Waals surface area contributed by atoms with Gasteiger partial charge in [0.25, 0.3) is 5.91 Å². The Balaban J connectivity index is 1.88. The number of aliphatic imine (C=N–C) groups is 1. The van der Waals surface area contributed by atoms with Crippen LogP contribution in [0.4, 0.5) is 0 Å². The number of carbonyl (C=O) groups excluding carboxylic acids is 4. The highest BCUT2D eigenvalue weighted by atomic mass is 16.5. The summed E-state index contributed by atoms with van der Waals surface area (Å²) in [5, 5.41) is 4.51. The van der Waals surface area contributed by atoms with E-state index < -0.39 is 0 Å². The van der Waals surface area contributed by atoms with Gasteiger partial charge < -0.3 is 24.8 Å². The second-order valence-corrected chi connectivity index (χ2v) is 12.1. The molecular weight excluding hydrogens is 620 g/mol. The van der Waals surface area contributed by atoms with E-state index in [9.17, 15) is 19.2 Å². The van der Waals surface area contributed by atoms with Crippen LogP contribution < -0.4 is 16.0 Å². The van der Waals surface area contributed by atoms with E-state index in [1.54, 1.807) is 0 Å². The van der Waals surface area contributed by atoms with Gasteiger partial charge in [0.05, 0.1) is 11.6 Å². The molecule has 2 amide bonds. The van der Waals surface area contributed by atoms with E-state index in [1.165, 1.54) is 12.2 Å². The van der Waals surface area contributed by atoms with Crippen molar-refractivity contribution >= 4 is 47.7 Å². The highest BCUT2D eigenvalue weighted by Gasteiger charge is 2.29. The molecule has 0 aliphatic carbocycles. The van der Waals surface area contributed by atoms with Gasteiger partial charge in [0, 0.05) is 46.2 Å². The molecule has 1 atom stereocenters. The van der Waals surface area contributed by atoms with Gasteiger partial charge >= 0.3 is 11.9 Å². The summed E-state index contributed by atoms with van der Waals surface area (Å²) in [5.41, 5.74) is 8.99. The van der Waals surface area contributed by atoms with Gasteiger partial charge in [0.2, 0.25) is 5.91 Å². The molecule has 0 spiro atoms. The number of hydrogen-bond donors (Lipinski definition) is 3. The number of allylic oxidation sites excluding steroid dienone is 3. The maximum absolute atomic E-state index is 12.5. The summed E-state index contributed by atoms with van der Waals surface area (Å²) in [6.45, 7) is 19.1. The minimum atomic E-state index is -0.343. The molecule has 49 heavy (non-hydrogen) atoms. The molecule has 3 N–H and O–H groups in total. The Labute approximate surface area is 287 Å². The van der Waals surface area contributed by atoms with Crippen molar-refractivity contribution in [1.82, 2.24) is 15.3 Å². The molecule has 1 unspecified atom stereocenters. The molecule has 2 aromatic rings. The standard InChI is InChI=1S/C39H46N4O6/c1-9-17-48-36(44)15-13-28-23(6)30(19-32-22(5)27(12-4)39(47)42-32)40-34(28)21-35-29(14-16-37(45)49-18-10-2)24(7)31(41-35)20-33-26(11-3)25(8)38(46)43-33/h9-11,19-21,25,40-41H,1-2,12-18H2,3-8H3,(H,43,46). The van der Waals surface area contributed by atoms with Crippen LogP contribution in [0.15, 0.2) is 58.8 Å². The first-order valence-corrected chi connectivity index (χ1v) is 16.6. The molecule has 0 saturated carbocycles. The molecule has 2 aliphatic heterocycles. The number of nitrogens with zero attached hydrogens (tertiary/aromatic N) is 1. The van der Waals surface area contributed by atoms with E-state index in [0.29, 0.717) is 30.5 Å². The predicted molar refractivity (Wildman–Crippen MR) is 192 cm³/mol. The highest BCUT2D eigenvalue weighted by Crippen LogP contribution is 2.29. The lowest BCUT2D eigenvalue weighted by Gasteiger charge is -2.05. The number of ether oxygens (including phenoxy) is 2. The van der Waals surface area contributed by atoms with Gasteiger partial charge in [-0.3, -0.25) is 19.2 Å². The Morgan fingerprint density at radius 3 is 2.06 bits per heavy atom. The van der Waals surface area contributed by atoms with Crippen molar-refractivity contribution in [1.29, 1.82) is 0 Å². The second kappa shape index (κ2) is 16.2. The van der Waals surface area contributed by atoms with Crippen molar-refractivity contribution in [3.05, 3.63) is 98.1 Å². The van der Waals surface area contributed by atoms with Gasteiger partial charge in [0.15, 0.2) is 0 Å². The molecule has 10 nitrogen and oxygen atoms in total. The molecule has 2 aliphatic rings. The van der Waals surface area contributed by atoms with Crippen LogP contribution in [0.25, 0.3) is 18.2 Å². The van der Waals surface area contributed by atoms with Crippen molar-refractivity contribution in [2.75, 3.05) is 13.2 Å². The third-order valence-electron chi connectivity index (χ3n) is 9.05. The maximum atomic E-state index is 12.5. The molecule has 4 heterocycles. The Morgan fingerprint density at radius 1 is 0.857 bits per heavy atom. The van der Waals surface area contributed by atoms with Crippen molar-refractivity contribution in [3.8, 4) is 0 Å². The average molecular weight is 667 g/mol. The lowest BCUT2D eigenvalue weighted by Crippen LogP contribution is -2.16. The van der Waals surface area contributed by atoms with Crippen molar-refractivity contribution in [2.24, 2.45) is 10.9 Å². The van der Waals surface area contributed by atoms with Crippen LogP contribution in [-0.2, 0) is 41.5 Å². The van der Waals surface area contributed by atoms with Crippen LogP contribution in [0.2, 0.25) is 0 Å². The molecule has 2 aromatic heterocycles. The number of aromatic amines is 2. The summed E-state index contributed by atoms with van der Waals surface area (Å²) >= 11 is 0. The fraction of sp³-hybridized carbons (Fsp3) is 0.359. The number of aromatic nitrogens is 2. The van der Waals surface area contributed by atoms with E-state index in [4.69, 9.17) is 9.47 Å². The highest BCUT2D eigenvalue weighted by molar-refractivity contribution is 6.30. The van der Waals surface area contributed by atoms with Crippen LogP contribution in [-0.4, -0.2) is 52.6 Å². The van der Waals surface area contributed by atoms with Crippen molar-refractivity contribution < 1.29 is 28.7 Å². The molecule has 0 aromatic carbocycles. The normalized spacial score (nSPS) is 18.5. The van der Waals surface area contributed by atoms with Gasteiger partial charge in [-0.15, -0.1) is 0 Å². The summed E-state index contributed by atoms with van der Waals surface area (Å²) in [6, 6.07) is 0. The van der Waals surface area contributed by atoms with Gasteiger partial charge in [-0.2, -0.15) is 0 Å². The van der Waals surface area contributed by atoms with Crippen LogP contribution in [0.1, 0.15) is 80.6 Å². The summed E-state index contributed by atoms with van der Waals surface area (Å²) < 4.78 is 10.5. The Bertz CT molecular complexity index is 1950. The van der Waals surface area contributed by atoms with E-state index in [2.05, 4.69) is 33.4 Å². The first-order valence-electron chi connectivity index (χ1n) is 16.6. The summed E-state index contributed by atoms with van der Waals surface area (Å²) in [4.78, 5) is 61.4. The Kier molecular flexibility index (Phi) is 12.1. The van der Waals surface area contributed by atoms with Gasteiger partial charge in [-0.1, -0.05) is 38.3 Å². The number of esters is 2. The fourth-order valence-electron chi connectivity index (χ4n) is 6.21. The molecule has 258 valence electrons. The Morgan fingerprint density at radius 2 is 1.49 bits per heavy atom. The number of carbonyl (C=O) groups is 4. The largest absolute Gasteiger partial charge is 0.461 e. The smallest absolute Gasteiger partial charge is 0.306 e. The van der Waals surface area contributed by atoms with E-state index in [0.717, 1.165) is 61.2 Å². The average Bonchev–Trinajstić information content (AvgIpc) is 3.72.